The maximum Gasteiger partial charge on any atom is 0.0419 e. The molecule has 0 fully saturated rings. The second-order valence-electron chi connectivity index (χ2n) is 5.69. The van der Waals surface area contributed by atoms with Gasteiger partial charge in [-0.2, -0.15) is 0 Å². The summed E-state index contributed by atoms with van der Waals surface area (Å²) in [5.41, 5.74) is 1.51. The normalized spacial score (nSPS) is 13.7. The molecule has 1 N–H and O–H groups in total. The topological polar surface area (TPSA) is 24.9 Å². The van der Waals surface area contributed by atoms with Crippen LogP contribution in [0.2, 0.25) is 0 Å². The largest absolute Gasteiger partial charge is 0.314 e. The van der Waals surface area contributed by atoms with Crippen LogP contribution < -0.4 is 5.32 Å². The number of hydrogen-bond donors (Lipinski definition) is 1. The maximum absolute atomic E-state index is 4.44. The van der Waals surface area contributed by atoms with Gasteiger partial charge in [-0.1, -0.05) is 27.7 Å². The van der Waals surface area contributed by atoms with Crippen molar-refractivity contribution < 1.29 is 0 Å². The van der Waals surface area contributed by atoms with Gasteiger partial charge in [-0.15, -0.1) is 0 Å². The summed E-state index contributed by atoms with van der Waals surface area (Å²) >= 11 is 3.41. The van der Waals surface area contributed by atoms with Gasteiger partial charge in [0.25, 0.3) is 0 Å². The summed E-state index contributed by atoms with van der Waals surface area (Å²) in [7, 11) is 0. The molecule has 0 radical (unpaired) electrons. The molecule has 3 heteroatoms. The molecular formula is C14H23BrN2. The van der Waals surface area contributed by atoms with E-state index in [1.807, 2.05) is 6.20 Å². The lowest BCUT2D eigenvalue weighted by Crippen LogP contribution is -2.34. The van der Waals surface area contributed by atoms with E-state index in [0.717, 1.165) is 23.1 Å². The van der Waals surface area contributed by atoms with Crippen LogP contribution in [0, 0.1) is 5.41 Å². The van der Waals surface area contributed by atoms with Gasteiger partial charge in [0, 0.05) is 28.8 Å². The Morgan fingerprint density at radius 2 is 2.06 bits per heavy atom. The van der Waals surface area contributed by atoms with E-state index in [2.05, 4.69) is 66.1 Å². The molecule has 0 saturated heterocycles. The Labute approximate surface area is 113 Å². The quantitative estimate of drug-likeness (QED) is 0.894. The highest BCUT2D eigenvalue weighted by molar-refractivity contribution is 9.10. The van der Waals surface area contributed by atoms with Gasteiger partial charge < -0.3 is 5.32 Å². The number of rotatable bonds is 5. The van der Waals surface area contributed by atoms with Crippen molar-refractivity contribution in [3.05, 3.63) is 28.5 Å². The van der Waals surface area contributed by atoms with E-state index in [1.165, 1.54) is 6.42 Å². The zero-order valence-corrected chi connectivity index (χ0v) is 12.8. The molecule has 0 aromatic carbocycles. The Hall–Kier alpha value is -0.410. The van der Waals surface area contributed by atoms with Gasteiger partial charge in [-0.05, 0) is 46.4 Å². The number of nitrogens with one attached hydrogen (secondary N) is 1. The molecule has 1 aromatic heterocycles. The van der Waals surface area contributed by atoms with Crippen molar-refractivity contribution in [2.45, 2.75) is 46.6 Å². The Kier molecular flexibility index (Phi) is 5.60. The molecule has 1 unspecified atom stereocenters. The predicted octanol–water partition coefficient (Wildman–Crippen LogP) is 3.80. The minimum Gasteiger partial charge on any atom is -0.314 e. The molecule has 1 rings (SSSR count). The molecule has 0 aliphatic heterocycles. The van der Waals surface area contributed by atoms with E-state index in [9.17, 15) is 0 Å². The first-order valence-electron chi connectivity index (χ1n) is 6.24. The standard InChI is InChI=1S/C14H23BrN2/c1-5-16-13(9-14(2,3)4)8-12-7-6-11(15)10-17-12/h6-7,10,13,16H,5,8-9H2,1-4H3. The second-order valence-corrected chi connectivity index (χ2v) is 6.61. The second kappa shape index (κ2) is 6.50. The third kappa shape index (κ3) is 6.18. The first kappa shape index (κ1) is 14.7. The molecule has 0 aliphatic carbocycles. The van der Waals surface area contributed by atoms with Crippen LogP contribution in [0.25, 0.3) is 0 Å². The predicted molar refractivity (Wildman–Crippen MR) is 77.2 cm³/mol. The fourth-order valence-electron chi connectivity index (χ4n) is 2.02. The number of hydrogen-bond acceptors (Lipinski definition) is 2. The van der Waals surface area contributed by atoms with E-state index in [1.54, 1.807) is 0 Å². The Morgan fingerprint density at radius 1 is 1.35 bits per heavy atom. The summed E-state index contributed by atoms with van der Waals surface area (Å²) in [5.74, 6) is 0. The van der Waals surface area contributed by atoms with Gasteiger partial charge in [-0.3, -0.25) is 4.98 Å². The van der Waals surface area contributed by atoms with E-state index < -0.39 is 0 Å². The highest BCUT2D eigenvalue weighted by Crippen LogP contribution is 2.22. The zero-order chi connectivity index (χ0) is 12.9. The van der Waals surface area contributed by atoms with Crippen LogP contribution in [-0.2, 0) is 6.42 Å². The van der Waals surface area contributed by atoms with Crippen molar-refractivity contribution in [1.29, 1.82) is 0 Å². The highest BCUT2D eigenvalue weighted by Gasteiger charge is 2.18. The zero-order valence-electron chi connectivity index (χ0n) is 11.3. The fourth-order valence-corrected chi connectivity index (χ4v) is 2.26. The van der Waals surface area contributed by atoms with Crippen LogP contribution in [0.4, 0.5) is 0 Å². The average Bonchev–Trinajstić information content (AvgIpc) is 2.19. The van der Waals surface area contributed by atoms with Crippen molar-refractivity contribution in [2.24, 2.45) is 5.41 Å². The molecular weight excluding hydrogens is 276 g/mol. The van der Waals surface area contributed by atoms with Crippen LogP contribution in [0.3, 0.4) is 0 Å². The minimum atomic E-state index is 0.349. The number of likely N-dealkylation sites (N-methyl/N-ethyl adjacent to an activating group) is 1. The molecule has 1 heterocycles. The Morgan fingerprint density at radius 3 is 2.53 bits per heavy atom. The Balaban J connectivity index is 2.63. The van der Waals surface area contributed by atoms with E-state index >= 15 is 0 Å². The lowest BCUT2D eigenvalue weighted by molar-refractivity contribution is 0.308. The first-order valence-corrected chi connectivity index (χ1v) is 7.04. The molecule has 2 nitrogen and oxygen atoms in total. The van der Waals surface area contributed by atoms with Crippen molar-refractivity contribution in [2.75, 3.05) is 6.54 Å². The summed E-state index contributed by atoms with van der Waals surface area (Å²) in [6, 6.07) is 4.66. The van der Waals surface area contributed by atoms with Crippen molar-refractivity contribution in [1.82, 2.24) is 10.3 Å². The van der Waals surface area contributed by atoms with Crippen LogP contribution in [0.15, 0.2) is 22.8 Å². The fraction of sp³-hybridized carbons (Fsp3) is 0.643. The lowest BCUT2D eigenvalue weighted by atomic mass is 9.86. The molecule has 0 spiro atoms. The molecule has 1 atom stereocenters. The number of nitrogens with zero attached hydrogens (tertiary/aromatic N) is 1. The van der Waals surface area contributed by atoms with Crippen molar-refractivity contribution >= 4 is 15.9 Å². The molecule has 17 heavy (non-hydrogen) atoms. The monoisotopic (exact) mass is 298 g/mol. The molecule has 0 amide bonds. The summed E-state index contributed by atoms with van der Waals surface area (Å²) in [4.78, 5) is 4.44. The molecule has 0 aliphatic rings. The van der Waals surface area contributed by atoms with Gasteiger partial charge >= 0.3 is 0 Å². The molecule has 0 saturated carbocycles. The molecule has 1 aromatic rings. The minimum absolute atomic E-state index is 0.349. The smallest absolute Gasteiger partial charge is 0.0419 e. The highest BCUT2D eigenvalue weighted by atomic mass is 79.9. The van der Waals surface area contributed by atoms with E-state index in [4.69, 9.17) is 0 Å². The summed E-state index contributed by atoms with van der Waals surface area (Å²) in [6.45, 7) is 10.0. The van der Waals surface area contributed by atoms with Crippen LogP contribution in [0.1, 0.15) is 39.8 Å². The SMILES string of the molecule is CCNC(Cc1ccc(Br)cn1)CC(C)(C)C. The van der Waals surface area contributed by atoms with Gasteiger partial charge in [0.15, 0.2) is 0 Å². The van der Waals surface area contributed by atoms with Gasteiger partial charge in [0.2, 0.25) is 0 Å². The van der Waals surface area contributed by atoms with Crippen LogP contribution >= 0.6 is 15.9 Å². The maximum atomic E-state index is 4.44. The summed E-state index contributed by atoms with van der Waals surface area (Å²) in [5, 5.41) is 3.55. The van der Waals surface area contributed by atoms with Crippen molar-refractivity contribution in [3.63, 3.8) is 0 Å². The first-order chi connectivity index (χ1) is 7.90. The molecule has 0 bridgehead atoms. The number of aromatic nitrogens is 1. The Bertz CT molecular complexity index is 327. The lowest BCUT2D eigenvalue weighted by Gasteiger charge is -2.26. The third-order valence-electron chi connectivity index (χ3n) is 2.60. The van der Waals surface area contributed by atoms with Gasteiger partial charge in [0.05, 0.1) is 0 Å². The third-order valence-corrected chi connectivity index (χ3v) is 3.06. The number of pyridine rings is 1. The molecule has 96 valence electrons. The van der Waals surface area contributed by atoms with Gasteiger partial charge in [-0.25, -0.2) is 0 Å². The van der Waals surface area contributed by atoms with Crippen LogP contribution in [-0.4, -0.2) is 17.6 Å². The summed E-state index contributed by atoms with van der Waals surface area (Å²) < 4.78 is 1.04. The van der Waals surface area contributed by atoms with Crippen LogP contribution in [0.5, 0.6) is 0 Å². The summed E-state index contributed by atoms with van der Waals surface area (Å²) in [6.07, 6.45) is 4.03. The van der Waals surface area contributed by atoms with E-state index in [-0.39, 0.29) is 0 Å². The number of halogens is 1. The average molecular weight is 299 g/mol. The van der Waals surface area contributed by atoms with Gasteiger partial charge in [0.1, 0.15) is 0 Å². The van der Waals surface area contributed by atoms with Crippen molar-refractivity contribution in [3.8, 4) is 0 Å². The van der Waals surface area contributed by atoms with E-state index in [0.29, 0.717) is 11.5 Å².